The van der Waals surface area contributed by atoms with Crippen LogP contribution in [0.2, 0.25) is 0 Å². The van der Waals surface area contributed by atoms with Crippen molar-refractivity contribution >= 4 is 5.97 Å². The number of pyridine rings is 1. The van der Waals surface area contributed by atoms with Gasteiger partial charge in [0.25, 0.3) is 0 Å². The van der Waals surface area contributed by atoms with Gasteiger partial charge in [0, 0.05) is 12.4 Å². The van der Waals surface area contributed by atoms with Gasteiger partial charge in [-0.2, -0.15) is 0 Å². The van der Waals surface area contributed by atoms with Gasteiger partial charge in [-0.25, -0.2) is 9.18 Å². The van der Waals surface area contributed by atoms with Crippen molar-refractivity contribution < 1.29 is 14.3 Å². The average molecular weight is 231 g/mol. The Balaban J connectivity index is 2.60. The van der Waals surface area contributed by atoms with E-state index < -0.39 is 11.8 Å². The molecule has 0 saturated carbocycles. The zero-order valence-electron chi connectivity index (χ0n) is 9.14. The lowest BCUT2D eigenvalue weighted by Crippen LogP contribution is -1.98. The molecule has 4 heteroatoms. The molecule has 1 aromatic heterocycles. The summed E-state index contributed by atoms with van der Waals surface area (Å²) in [7, 11) is 0. The third-order valence-electron chi connectivity index (χ3n) is 2.48. The van der Waals surface area contributed by atoms with Gasteiger partial charge < -0.3 is 5.11 Å². The second-order valence-corrected chi connectivity index (χ2v) is 3.72. The fraction of sp³-hybridized carbons (Fsp3) is 0.0769. The first kappa shape index (κ1) is 11.3. The second-order valence-electron chi connectivity index (χ2n) is 3.72. The Morgan fingerprint density at radius 1 is 1.35 bits per heavy atom. The van der Waals surface area contributed by atoms with E-state index in [1.54, 1.807) is 18.5 Å². The fourth-order valence-corrected chi connectivity index (χ4v) is 1.67. The first-order valence-corrected chi connectivity index (χ1v) is 5.03. The predicted octanol–water partition coefficient (Wildman–Crippen LogP) is 2.89. The van der Waals surface area contributed by atoms with Gasteiger partial charge in [0.05, 0.1) is 5.56 Å². The van der Waals surface area contributed by atoms with E-state index in [4.69, 9.17) is 5.11 Å². The Kier molecular flexibility index (Phi) is 2.87. The van der Waals surface area contributed by atoms with Crippen LogP contribution in [0.25, 0.3) is 11.1 Å². The number of aromatic carboxylic acids is 1. The Bertz CT molecular complexity index is 581. The highest BCUT2D eigenvalue weighted by molar-refractivity contribution is 5.89. The third-order valence-corrected chi connectivity index (χ3v) is 2.48. The molecule has 1 aromatic carbocycles. The highest BCUT2D eigenvalue weighted by atomic mass is 19.1. The fourth-order valence-electron chi connectivity index (χ4n) is 1.67. The molecule has 0 unspecified atom stereocenters. The molecule has 2 aromatic rings. The molecule has 1 N–H and O–H groups in total. The number of carboxylic acids is 1. The smallest absolute Gasteiger partial charge is 0.335 e. The quantitative estimate of drug-likeness (QED) is 0.864. The van der Waals surface area contributed by atoms with E-state index >= 15 is 0 Å². The van der Waals surface area contributed by atoms with Crippen molar-refractivity contribution in [1.82, 2.24) is 4.98 Å². The van der Waals surface area contributed by atoms with Crippen LogP contribution < -0.4 is 0 Å². The van der Waals surface area contributed by atoms with Crippen LogP contribution >= 0.6 is 0 Å². The number of rotatable bonds is 2. The summed E-state index contributed by atoms with van der Waals surface area (Å²) < 4.78 is 13.3. The number of halogens is 1. The minimum Gasteiger partial charge on any atom is -0.478 e. The molecule has 0 saturated heterocycles. The van der Waals surface area contributed by atoms with Gasteiger partial charge in [-0.3, -0.25) is 4.98 Å². The van der Waals surface area contributed by atoms with Crippen LogP contribution in [0.5, 0.6) is 0 Å². The third kappa shape index (κ3) is 2.30. The van der Waals surface area contributed by atoms with Crippen molar-refractivity contribution in [3.63, 3.8) is 0 Å². The maximum absolute atomic E-state index is 13.3. The summed E-state index contributed by atoms with van der Waals surface area (Å²) in [6, 6.07) is 5.50. The Morgan fingerprint density at radius 3 is 2.76 bits per heavy atom. The molecular formula is C13H10FNO2. The monoisotopic (exact) mass is 231 g/mol. The Hall–Kier alpha value is -2.23. The first-order valence-electron chi connectivity index (χ1n) is 5.03. The first-order chi connectivity index (χ1) is 8.08. The molecule has 17 heavy (non-hydrogen) atoms. The lowest BCUT2D eigenvalue weighted by atomic mass is 10.0. The number of nitrogens with zero attached hydrogens (tertiary/aromatic N) is 1. The molecule has 3 nitrogen and oxygen atoms in total. The van der Waals surface area contributed by atoms with E-state index in [0.717, 1.165) is 17.2 Å². The van der Waals surface area contributed by atoms with E-state index in [1.807, 2.05) is 6.92 Å². The maximum atomic E-state index is 13.3. The molecule has 0 fully saturated rings. The lowest BCUT2D eigenvalue weighted by molar-refractivity contribution is 0.0696. The number of aromatic nitrogens is 1. The van der Waals surface area contributed by atoms with E-state index in [2.05, 4.69) is 4.98 Å². The van der Waals surface area contributed by atoms with Crippen molar-refractivity contribution in [2.75, 3.05) is 0 Å². The van der Waals surface area contributed by atoms with Crippen LogP contribution in [-0.4, -0.2) is 16.1 Å². The number of aryl methyl sites for hydroxylation is 1. The van der Waals surface area contributed by atoms with Crippen LogP contribution in [-0.2, 0) is 0 Å². The van der Waals surface area contributed by atoms with Crippen molar-refractivity contribution in [2.24, 2.45) is 0 Å². The van der Waals surface area contributed by atoms with E-state index in [0.29, 0.717) is 5.56 Å². The summed E-state index contributed by atoms with van der Waals surface area (Å²) in [5.74, 6) is -1.70. The van der Waals surface area contributed by atoms with Crippen LogP contribution in [0.1, 0.15) is 15.9 Å². The standard InChI is InChI=1S/C13H10FNO2/c1-8-7-15-3-2-12(8)9-4-10(13(16)17)6-11(14)5-9/h2-7H,1H3,(H,16,17). The van der Waals surface area contributed by atoms with Crippen molar-refractivity contribution in [1.29, 1.82) is 0 Å². The van der Waals surface area contributed by atoms with Gasteiger partial charge >= 0.3 is 5.97 Å². The number of carbonyl (C=O) groups is 1. The second kappa shape index (κ2) is 4.33. The lowest BCUT2D eigenvalue weighted by Gasteiger charge is -2.06. The molecule has 86 valence electrons. The largest absolute Gasteiger partial charge is 0.478 e. The summed E-state index contributed by atoms with van der Waals surface area (Å²) in [4.78, 5) is 14.8. The molecule has 2 rings (SSSR count). The summed E-state index contributed by atoms with van der Waals surface area (Å²) >= 11 is 0. The minimum absolute atomic E-state index is 0.0591. The Morgan fingerprint density at radius 2 is 2.12 bits per heavy atom. The number of benzene rings is 1. The SMILES string of the molecule is Cc1cnccc1-c1cc(F)cc(C(=O)O)c1. The van der Waals surface area contributed by atoms with Gasteiger partial charge in [-0.05, 0) is 47.9 Å². The summed E-state index contributed by atoms with van der Waals surface area (Å²) in [5, 5.41) is 8.87. The predicted molar refractivity (Wildman–Crippen MR) is 61.3 cm³/mol. The molecule has 0 spiro atoms. The molecule has 0 atom stereocenters. The van der Waals surface area contributed by atoms with Crippen molar-refractivity contribution in [3.05, 3.63) is 53.6 Å². The number of hydrogen-bond acceptors (Lipinski definition) is 2. The number of hydrogen-bond donors (Lipinski definition) is 1. The highest BCUT2D eigenvalue weighted by Gasteiger charge is 2.09. The minimum atomic E-state index is -1.14. The van der Waals surface area contributed by atoms with Crippen molar-refractivity contribution in [3.8, 4) is 11.1 Å². The van der Waals surface area contributed by atoms with Crippen molar-refractivity contribution in [2.45, 2.75) is 6.92 Å². The molecule has 1 heterocycles. The molecule has 0 aliphatic rings. The van der Waals surface area contributed by atoms with Crippen LogP contribution in [0, 0.1) is 12.7 Å². The Labute approximate surface area is 97.6 Å². The van der Waals surface area contributed by atoms with Crippen LogP contribution in [0.4, 0.5) is 4.39 Å². The number of carboxylic acid groups (broad SMARTS) is 1. The summed E-state index contributed by atoms with van der Waals surface area (Å²) in [5.41, 5.74) is 2.13. The maximum Gasteiger partial charge on any atom is 0.335 e. The van der Waals surface area contributed by atoms with Gasteiger partial charge in [0.2, 0.25) is 0 Å². The average Bonchev–Trinajstić information content (AvgIpc) is 2.28. The van der Waals surface area contributed by atoms with Crippen LogP contribution in [0.3, 0.4) is 0 Å². The highest BCUT2D eigenvalue weighted by Crippen LogP contribution is 2.24. The van der Waals surface area contributed by atoms with E-state index in [-0.39, 0.29) is 5.56 Å². The molecule has 0 aliphatic carbocycles. The molecule has 0 aliphatic heterocycles. The van der Waals surface area contributed by atoms with Gasteiger partial charge in [0.1, 0.15) is 5.82 Å². The van der Waals surface area contributed by atoms with Gasteiger partial charge in [0.15, 0.2) is 0 Å². The van der Waals surface area contributed by atoms with Crippen LogP contribution in [0.15, 0.2) is 36.7 Å². The van der Waals surface area contributed by atoms with Gasteiger partial charge in [-0.15, -0.1) is 0 Å². The summed E-state index contributed by atoms with van der Waals surface area (Å²) in [6.07, 6.45) is 3.24. The normalized spacial score (nSPS) is 10.2. The van der Waals surface area contributed by atoms with E-state index in [9.17, 15) is 9.18 Å². The van der Waals surface area contributed by atoms with E-state index in [1.165, 1.54) is 12.1 Å². The summed E-state index contributed by atoms with van der Waals surface area (Å²) in [6.45, 7) is 1.84. The molecule has 0 bridgehead atoms. The zero-order chi connectivity index (χ0) is 12.4. The molecule has 0 radical (unpaired) electrons. The topological polar surface area (TPSA) is 50.2 Å². The van der Waals surface area contributed by atoms with Gasteiger partial charge in [-0.1, -0.05) is 0 Å². The molecular weight excluding hydrogens is 221 g/mol. The zero-order valence-corrected chi connectivity index (χ0v) is 9.14. The molecule has 0 amide bonds.